The molecule has 28 heavy (non-hydrogen) atoms. The number of aryl methyl sites for hydroxylation is 1. The van der Waals surface area contributed by atoms with Crippen LogP contribution in [0.3, 0.4) is 0 Å². The van der Waals surface area contributed by atoms with E-state index in [0.717, 1.165) is 22.5 Å². The first kappa shape index (κ1) is 20.3. The summed E-state index contributed by atoms with van der Waals surface area (Å²) in [5.74, 6) is 0.711. The number of amides is 1. The van der Waals surface area contributed by atoms with Gasteiger partial charge in [0.05, 0.1) is 19.3 Å². The lowest BCUT2D eigenvalue weighted by atomic mass is 10.1. The summed E-state index contributed by atoms with van der Waals surface area (Å²) < 4.78 is 8.60. The highest BCUT2D eigenvalue weighted by molar-refractivity contribution is 9.10. The van der Waals surface area contributed by atoms with Crippen LogP contribution in [0.1, 0.15) is 22.0 Å². The standard InChI is InChI=1S/C19H25BrN6O2/c1-21-19(23-8-7-22-18(27)14-3-5-16(20)6-4-14)26-9-10-28-17(13-26)15-11-24-25(2)12-15/h3-6,11-12,17H,7-10,13H2,1-2H3,(H,21,23)(H,22,27). The number of benzene rings is 1. The van der Waals surface area contributed by atoms with Crippen LogP contribution in [0.25, 0.3) is 0 Å². The van der Waals surface area contributed by atoms with Gasteiger partial charge in [0, 0.05) is 55.5 Å². The average molecular weight is 449 g/mol. The van der Waals surface area contributed by atoms with Gasteiger partial charge in [-0.1, -0.05) is 15.9 Å². The summed E-state index contributed by atoms with van der Waals surface area (Å²) in [7, 11) is 3.66. The third-order valence-electron chi connectivity index (χ3n) is 4.47. The van der Waals surface area contributed by atoms with Crippen LogP contribution in [0.5, 0.6) is 0 Å². The Morgan fingerprint density at radius 3 is 2.75 bits per heavy atom. The van der Waals surface area contributed by atoms with Crippen molar-refractivity contribution in [3.05, 3.63) is 52.3 Å². The van der Waals surface area contributed by atoms with E-state index in [4.69, 9.17) is 4.74 Å². The number of aliphatic imine (C=N–C) groups is 1. The molecular formula is C19H25BrN6O2. The number of aromatic nitrogens is 2. The fraction of sp³-hybridized carbons (Fsp3) is 0.421. The molecule has 9 heteroatoms. The van der Waals surface area contributed by atoms with Crippen LogP contribution in [0.4, 0.5) is 0 Å². The fourth-order valence-electron chi connectivity index (χ4n) is 3.04. The molecule has 2 N–H and O–H groups in total. The molecule has 0 spiro atoms. The zero-order valence-electron chi connectivity index (χ0n) is 16.1. The monoisotopic (exact) mass is 448 g/mol. The normalized spacial score (nSPS) is 17.5. The molecule has 1 unspecified atom stereocenters. The van der Waals surface area contributed by atoms with Crippen LogP contribution in [-0.4, -0.2) is 66.4 Å². The van der Waals surface area contributed by atoms with Gasteiger partial charge >= 0.3 is 0 Å². The summed E-state index contributed by atoms with van der Waals surface area (Å²) >= 11 is 3.37. The Labute approximate surface area is 173 Å². The Kier molecular flexibility index (Phi) is 7.05. The molecule has 150 valence electrons. The van der Waals surface area contributed by atoms with Crippen molar-refractivity contribution in [1.82, 2.24) is 25.3 Å². The largest absolute Gasteiger partial charge is 0.370 e. The van der Waals surface area contributed by atoms with Gasteiger partial charge in [-0.15, -0.1) is 0 Å². The first-order chi connectivity index (χ1) is 13.6. The van der Waals surface area contributed by atoms with Gasteiger partial charge < -0.3 is 20.3 Å². The predicted molar refractivity (Wildman–Crippen MR) is 111 cm³/mol. The number of halogens is 1. The topological polar surface area (TPSA) is 83.8 Å². The first-order valence-electron chi connectivity index (χ1n) is 9.16. The summed E-state index contributed by atoms with van der Waals surface area (Å²) in [6, 6.07) is 7.29. The van der Waals surface area contributed by atoms with Gasteiger partial charge in [0.1, 0.15) is 6.10 Å². The smallest absolute Gasteiger partial charge is 0.251 e. The molecule has 0 radical (unpaired) electrons. The van der Waals surface area contributed by atoms with Crippen LogP contribution >= 0.6 is 15.9 Å². The van der Waals surface area contributed by atoms with Crippen molar-refractivity contribution < 1.29 is 9.53 Å². The molecule has 0 aliphatic carbocycles. The Morgan fingerprint density at radius 2 is 2.07 bits per heavy atom. The van der Waals surface area contributed by atoms with Crippen molar-refractivity contribution in [2.45, 2.75) is 6.10 Å². The molecule has 2 heterocycles. The van der Waals surface area contributed by atoms with Gasteiger partial charge in [0.2, 0.25) is 0 Å². The van der Waals surface area contributed by atoms with Gasteiger partial charge in [-0.2, -0.15) is 5.10 Å². The zero-order valence-corrected chi connectivity index (χ0v) is 17.6. The van der Waals surface area contributed by atoms with E-state index in [1.165, 1.54) is 0 Å². The first-order valence-corrected chi connectivity index (χ1v) is 9.95. The number of hydrogen-bond donors (Lipinski definition) is 2. The van der Waals surface area contributed by atoms with Crippen molar-refractivity contribution in [3.8, 4) is 0 Å². The van der Waals surface area contributed by atoms with E-state index in [9.17, 15) is 4.79 Å². The molecule has 1 amide bonds. The van der Waals surface area contributed by atoms with Crippen LogP contribution < -0.4 is 10.6 Å². The summed E-state index contributed by atoms with van der Waals surface area (Å²) in [6.07, 6.45) is 3.78. The fourth-order valence-corrected chi connectivity index (χ4v) is 3.30. The second kappa shape index (κ2) is 9.70. The molecule has 1 atom stereocenters. The summed E-state index contributed by atoms with van der Waals surface area (Å²) in [6.45, 7) is 3.19. The Hall–Kier alpha value is -2.39. The van der Waals surface area contributed by atoms with Crippen LogP contribution in [-0.2, 0) is 11.8 Å². The molecule has 0 saturated carbocycles. The number of nitrogens with zero attached hydrogens (tertiary/aromatic N) is 4. The minimum atomic E-state index is -0.0905. The highest BCUT2D eigenvalue weighted by Crippen LogP contribution is 2.21. The highest BCUT2D eigenvalue weighted by Gasteiger charge is 2.25. The molecule has 8 nitrogen and oxygen atoms in total. The highest BCUT2D eigenvalue weighted by atomic mass is 79.9. The van der Waals surface area contributed by atoms with E-state index in [0.29, 0.717) is 31.8 Å². The molecule has 1 saturated heterocycles. The Morgan fingerprint density at radius 1 is 1.32 bits per heavy atom. The number of nitrogens with one attached hydrogen (secondary N) is 2. The van der Waals surface area contributed by atoms with Crippen LogP contribution in [0.2, 0.25) is 0 Å². The second-order valence-corrected chi connectivity index (χ2v) is 7.41. The van der Waals surface area contributed by atoms with Crippen LogP contribution in [0.15, 0.2) is 46.1 Å². The van der Waals surface area contributed by atoms with E-state index >= 15 is 0 Å². The van der Waals surface area contributed by atoms with Crippen molar-refractivity contribution in [2.75, 3.05) is 39.8 Å². The van der Waals surface area contributed by atoms with Gasteiger partial charge in [0.15, 0.2) is 5.96 Å². The third-order valence-corrected chi connectivity index (χ3v) is 5.00. The maximum atomic E-state index is 12.2. The molecule has 3 rings (SSSR count). The van der Waals surface area contributed by atoms with Crippen molar-refractivity contribution in [3.63, 3.8) is 0 Å². The molecule has 1 aliphatic rings. The second-order valence-electron chi connectivity index (χ2n) is 6.49. The van der Waals surface area contributed by atoms with Crippen molar-refractivity contribution in [2.24, 2.45) is 12.0 Å². The molecular weight excluding hydrogens is 424 g/mol. The molecule has 2 aromatic rings. The number of carbonyl (C=O) groups is 1. The van der Waals surface area contributed by atoms with E-state index in [-0.39, 0.29) is 12.0 Å². The lowest BCUT2D eigenvalue weighted by molar-refractivity contribution is -0.00800. The van der Waals surface area contributed by atoms with Crippen molar-refractivity contribution in [1.29, 1.82) is 0 Å². The van der Waals surface area contributed by atoms with E-state index in [1.807, 2.05) is 31.6 Å². The van der Waals surface area contributed by atoms with Crippen LogP contribution in [0, 0.1) is 0 Å². The number of ether oxygens (including phenoxy) is 1. The number of rotatable bonds is 5. The molecule has 1 aromatic carbocycles. The van der Waals surface area contributed by atoms with Gasteiger partial charge in [-0.05, 0) is 24.3 Å². The minimum absolute atomic E-state index is 0.0295. The predicted octanol–water partition coefficient (Wildman–Crippen LogP) is 1.56. The number of carbonyl (C=O) groups excluding carboxylic acids is 1. The lowest BCUT2D eigenvalue weighted by Crippen LogP contribution is -2.49. The summed E-state index contributed by atoms with van der Waals surface area (Å²) in [5, 5.41) is 10.4. The van der Waals surface area contributed by atoms with E-state index in [1.54, 1.807) is 23.9 Å². The number of guanidine groups is 1. The zero-order chi connectivity index (χ0) is 19.9. The third kappa shape index (κ3) is 5.32. The SMILES string of the molecule is CN=C(NCCNC(=O)c1ccc(Br)cc1)N1CCOC(c2cnn(C)c2)C1. The van der Waals surface area contributed by atoms with E-state index < -0.39 is 0 Å². The summed E-state index contributed by atoms with van der Waals surface area (Å²) in [5.41, 5.74) is 1.70. The maximum absolute atomic E-state index is 12.2. The quantitative estimate of drug-likeness (QED) is 0.411. The van der Waals surface area contributed by atoms with Crippen molar-refractivity contribution >= 4 is 27.8 Å². The molecule has 1 fully saturated rings. The van der Waals surface area contributed by atoms with Gasteiger partial charge in [-0.3, -0.25) is 14.5 Å². The maximum Gasteiger partial charge on any atom is 0.251 e. The Bertz CT molecular complexity index is 820. The minimum Gasteiger partial charge on any atom is -0.370 e. The molecule has 1 aliphatic heterocycles. The van der Waals surface area contributed by atoms with Gasteiger partial charge in [-0.25, -0.2) is 0 Å². The summed E-state index contributed by atoms with van der Waals surface area (Å²) in [4.78, 5) is 18.7. The Balaban J connectivity index is 1.46. The number of hydrogen-bond acceptors (Lipinski definition) is 4. The van der Waals surface area contributed by atoms with E-state index in [2.05, 4.69) is 41.6 Å². The van der Waals surface area contributed by atoms with Gasteiger partial charge in [0.25, 0.3) is 5.91 Å². The lowest BCUT2D eigenvalue weighted by Gasteiger charge is -2.34. The molecule has 0 bridgehead atoms. The average Bonchev–Trinajstić information content (AvgIpc) is 3.15. The molecule has 1 aromatic heterocycles. The number of morpholine rings is 1.